The van der Waals surface area contributed by atoms with E-state index in [4.69, 9.17) is 10.8 Å². The zero-order valence-electron chi connectivity index (χ0n) is 8.71. The van der Waals surface area contributed by atoms with Gasteiger partial charge in [-0.1, -0.05) is 12.1 Å². The minimum atomic E-state index is -1.03. The fourth-order valence-electron chi connectivity index (χ4n) is 1.38. The fraction of sp³-hybridized carbons (Fsp3) is 0.300. The predicted molar refractivity (Wildman–Crippen MR) is 56.9 cm³/mol. The van der Waals surface area contributed by atoms with Gasteiger partial charge in [-0.2, -0.15) is 0 Å². The number of hydrogen-bond acceptors (Lipinski definition) is 4. The third-order valence-corrected chi connectivity index (χ3v) is 2.26. The van der Waals surface area contributed by atoms with E-state index in [0.29, 0.717) is 5.56 Å². The van der Waals surface area contributed by atoms with Gasteiger partial charge in [0.15, 0.2) is 0 Å². The molecular formula is C10H12N2O4. The molecule has 0 radical (unpaired) electrons. The van der Waals surface area contributed by atoms with Gasteiger partial charge in [0.1, 0.15) is 0 Å². The topological polar surface area (TPSA) is 106 Å². The molecule has 0 spiro atoms. The molecule has 0 bridgehead atoms. The van der Waals surface area contributed by atoms with Crippen LogP contribution in [0.15, 0.2) is 24.3 Å². The summed E-state index contributed by atoms with van der Waals surface area (Å²) in [6.45, 7) is 1.57. The number of nitrogens with zero attached hydrogens (tertiary/aromatic N) is 1. The number of nitro benzene ring substituents is 1. The molecule has 86 valence electrons. The number of nitrogens with two attached hydrogens (primary N) is 1. The van der Waals surface area contributed by atoms with E-state index in [1.165, 1.54) is 24.3 Å². The molecule has 16 heavy (non-hydrogen) atoms. The molecule has 0 aromatic heterocycles. The molecule has 6 nitrogen and oxygen atoms in total. The van der Waals surface area contributed by atoms with Crippen LogP contribution in [0.4, 0.5) is 5.69 Å². The van der Waals surface area contributed by atoms with Crippen LogP contribution in [0, 0.1) is 10.1 Å². The van der Waals surface area contributed by atoms with Gasteiger partial charge >= 0.3 is 5.97 Å². The SMILES string of the molecule is C[C@](N)(CC(=O)O)c1ccc([N+](=O)[O-])cc1. The first-order valence-corrected chi connectivity index (χ1v) is 4.58. The lowest BCUT2D eigenvalue weighted by Gasteiger charge is -2.22. The maximum atomic E-state index is 10.6. The molecule has 0 saturated heterocycles. The van der Waals surface area contributed by atoms with E-state index in [-0.39, 0.29) is 12.1 Å². The van der Waals surface area contributed by atoms with Gasteiger partial charge in [0.05, 0.1) is 11.3 Å². The Morgan fingerprint density at radius 1 is 1.50 bits per heavy atom. The second kappa shape index (κ2) is 4.28. The van der Waals surface area contributed by atoms with Crippen molar-refractivity contribution in [1.29, 1.82) is 0 Å². The van der Waals surface area contributed by atoms with Gasteiger partial charge in [0.2, 0.25) is 0 Å². The van der Waals surface area contributed by atoms with Crippen molar-refractivity contribution in [3.8, 4) is 0 Å². The predicted octanol–water partition coefficient (Wildman–Crippen LogP) is 1.24. The summed E-state index contributed by atoms with van der Waals surface area (Å²) >= 11 is 0. The Morgan fingerprint density at radius 3 is 2.38 bits per heavy atom. The van der Waals surface area contributed by atoms with Crippen LogP contribution in [0.1, 0.15) is 18.9 Å². The zero-order chi connectivity index (χ0) is 12.3. The highest BCUT2D eigenvalue weighted by molar-refractivity contribution is 5.68. The van der Waals surface area contributed by atoms with Crippen LogP contribution in [-0.2, 0) is 10.3 Å². The summed E-state index contributed by atoms with van der Waals surface area (Å²) in [5.74, 6) is -1.01. The van der Waals surface area contributed by atoms with Crippen LogP contribution in [0.25, 0.3) is 0 Å². The van der Waals surface area contributed by atoms with E-state index in [1.54, 1.807) is 6.92 Å². The van der Waals surface area contributed by atoms with Crippen LogP contribution in [0.2, 0.25) is 0 Å². The summed E-state index contributed by atoms with van der Waals surface area (Å²) in [5.41, 5.74) is 5.30. The summed E-state index contributed by atoms with van der Waals surface area (Å²) in [5, 5.41) is 19.1. The molecule has 0 aliphatic carbocycles. The molecule has 1 atom stereocenters. The standard InChI is InChI=1S/C10H12N2O4/c1-10(11,6-9(13)14)7-2-4-8(5-3-7)12(15)16/h2-5H,6,11H2,1H3,(H,13,14)/t10-/m0/s1. The van der Waals surface area contributed by atoms with E-state index in [2.05, 4.69) is 0 Å². The van der Waals surface area contributed by atoms with Gasteiger partial charge in [-0.3, -0.25) is 14.9 Å². The van der Waals surface area contributed by atoms with E-state index in [1.807, 2.05) is 0 Å². The van der Waals surface area contributed by atoms with Crippen molar-refractivity contribution in [3.63, 3.8) is 0 Å². The largest absolute Gasteiger partial charge is 0.481 e. The van der Waals surface area contributed by atoms with Crippen molar-refractivity contribution in [1.82, 2.24) is 0 Å². The van der Waals surface area contributed by atoms with Gasteiger partial charge in [-0.25, -0.2) is 0 Å². The Balaban J connectivity index is 2.96. The molecular weight excluding hydrogens is 212 g/mol. The molecule has 0 saturated carbocycles. The van der Waals surface area contributed by atoms with Gasteiger partial charge in [-0.15, -0.1) is 0 Å². The van der Waals surface area contributed by atoms with Gasteiger partial charge in [0, 0.05) is 17.7 Å². The summed E-state index contributed by atoms with van der Waals surface area (Å²) in [6, 6.07) is 5.56. The van der Waals surface area contributed by atoms with Crippen molar-refractivity contribution in [2.75, 3.05) is 0 Å². The third-order valence-electron chi connectivity index (χ3n) is 2.26. The van der Waals surface area contributed by atoms with Crippen LogP contribution in [0.3, 0.4) is 0 Å². The molecule has 3 N–H and O–H groups in total. The van der Waals surface area contributed by atoms with E-state index in [9.17, 15) is 14.9 Å². The van der Waals surface area contributed by atoms with Gasteiger partial charge in [0.25, 0.3) is 5.69 Å². The number of carbonyl (C=O) groups is 1. The number of hydrogen-bond donors (Lipinski definition) is 2. The lowest BCUT2D eigenvalue weighted by atomic mass is 9.90. The van der Waals surface area contributed by atoms with Crippen LogP contribution >= 0.6 is 0 Å². The molecule has 0 aliphatic rings. The molecule has 0 amide bonds. The first-order valence-electron chi connectivity index (χ1n) is 4.58. The molecule has 0 fully saturated rings. The highest BCUT2D eigenvalue weighted by atomic mass is 16.6. The Bertz CT molecular complexity index is 411. The molecule has 0 heterocycles. The highest BCUT2D eigenvalue weighted by Crippen LogP contribution is 2.23. The number of benzene rings is 1. The Labute approximate surface area is 91.8 Å². The highest BCUT2D eigenvalue weighted by Gasteiger charge is 2.25. The number of carboxylic acid groups (broad SMARTS) is 1. The van der Waals surface area contributed by atoms with Crippen LogP contribution < -0.4 is 5.73 Å². The molecule has 0 aliphatic heterocycles. The van der Waals surface area contributed by atoms with Crippen molar-refractivity contribution >= 4 is 11.7 Å². The molecule has 1 aromatic rings. The monoisotopic (exact) mass is 224 g/mol. The van der Waals surface area contributed by atoms with Gasteiger partial charge in [-0.05, 0) is 12.5 Å². The van der Waals surface area contributed by atoms with Crippen molar-refractivity contribution in [3.05, 3.63) is 39.9 Å². The van der Waals surface area contributed by atoms with E-state index < -0.39 is 16.4 Å². The van der Waals surface area contributed by atoms with Crippen molar-refractivity contribution < 1.29 is 14.8 Å². The minimum absolute atomic E-state index is 0.0464. The first-order chi connectivity index (χ1) is 7.33. The fourth-order valence-corrected chi connectivity index (χ4v) is 1.38. The zero-order valence-corrected chi connectivity index (χ0v) is 8.71. The van der Waals surface area contributed by atoms with Gasteiger partial charge < -0.3 is 10.8 Å². The first kappa shape index (κ1) is 12.1. The quantitative estimate of drug-likeness (QED) is 0.591. The lowest BCUT2D eigenvalue weighted by molar-refractivity contribution is -0.384. The van der Waals surface area contributed by atoms with Crippen molar-refractivity contribution in [2.24, 2.45) is 5.73 Å². The maximum absolute atomic E-state index is 10.6. The third kappa shape index (κ3) is 2.77. The number of carboxylic acids is 1. The Morgan fingerprint density at radius 2 is 2.00 bits per heavy atom. The number of nitro groups is 1. The van der Waals surface area contributed by atoms with E-state index in [0.717, 1.165) is 0 Å². The normalized spacial score (nSPS) is 14.1. The smallest absolute Gasteiger partial charge is 0.305 e. The van der Waals surface area contributed by atoms with Crippen LogP contribution in [0.5, 0.6) is 0 Å². The number of non-ortho nitro benzene ring substituents is 1. The Hall–Kier alpha value is -1.95. The molecule has 1 rings (SSSR count). The molecule has 1 aromatic carbocycles. The average Bonchev–Trinajstić information content (AvgIpc) is 2.16. The average molecular weight is 224 g/mol. The second-order valence-corrected chi connectivity index (χ2v) is 3.79. The minimum Gasteiger partial charge on any atom is -0.481 e. The molecule has 6 heteroatoms. The number of rotatable bonds is 4. The lowest BCUT2D eigenvalue weighted by Crippen LogP contribution is -2.35. The summed E-state index contributed by atoms with van der Waals surface area (Å²) < 4.78 is 0. The summed E-state index contributed by atoms with van der Waals surface area (Å²) in [6.07, 6.45) is -0.231. The van der Waals surface area contributed by atoms with E-state index >= 15 is 0 Å². The Kier molecular flexibility index (Phi) is 3.24. The number of aliphatic carboxylic acids is 1. The van der Waals surface area contributed by atoms with Crippen LogP contribution in [-0.4, -0.2) is 16.0 Å². The second-order valence-electron chi connectivity index (χ2n) is 3.79. The van der Waals surface area contributed by atoms with Crippen molar-refractivity contribution in [2.45, 2.75) is 18.9 Å². The molecule has 0 unspecified atom stereocenters. The summed E-state index contributed by atoms with van der Waals surface area (Å²) in [4.78, 5) is 20.5. The summed E-state index contributed by atoms with van der Waals surface area (Å²) in [7, 11) is 0. The maximum Gasteiger partial charge on any atom is 0.305 e.